The molecular weight excluding hydrogens is 292 g/mol. The quantitative estimate of drug-likeness (QED) is 0.776. The zero-order valence-electron chi connectivity index (χ0n) is 13.5. The van der Waals surface area contributed by atoms with Crippen molar-refractivity contribution in [2.24, 2.45) is 0 Å². The fourth-order valence-electron chi connectivity index (χ4n) is 3.14. The van der Waals surface area contributed by atoms with Crippen LogP contribution in [0.1, 0.15) is 25.3 Å². The molecule has 1 atom stereocenters. The number of carbonyl (C=O) groups is 2. The van der Waals surface area contributed by atoms with Crippen molar-refractivity contribution in [1.82, 2.24) is 16.0 Å². The lowest BCUT2D eigenvalue weighted by Gasteiger charge is -2.34. The molecular formula is C17H24N4O2. The lowest BCUT2D eigenvalue weighted by atomic mass is 10.0. The molecule has 6 nitrogen and oxygen atoms in total. The number of amides is 3. The molecule has 2 saturated heterocycles. The molecule has 0 radical (unpaired) electrons. The zero-order valence-corrected chi connectivity index (χ0v) is 13.5. The maximum atomic E-state index is 12.1. The van der Waals surface area contributed by atoms with Crippen LogP contribution in [-0.4, -0.2) is 43.7 Å². The Labute approximate surface area is 136 Å². The minimum absolute atomic E-state index is 0.0888. The smallest absolute Gasteiger partial charge is 0.315 e. The van der Waals surface area contributed by atoms with E-state index in [4.69, 9.17) is 0 Å². The van der Waals surface area contributed by atoms with Gasteiger partial charge in [-0.15, -0.1) is 0 Å². The Hall–Kier alpha value is -2.24. The minimum Gasteiger partial charge on any atom is -0.371 e. The molecule has 23 heavy (non-hydrogen) atoms. The molecule has 2 fully saturated rings. The fourth-order valence-corrected chi connectivity index (χ4v) is 3.14. The van der Waals surface area contributed by atoms with E-state index < -0.39 is 6.04 Å². The largest absolute Gasteiger partial charge is 0.371 e. The highest BCUT2D eigenvalue weighted by atomic mass is 16.2. The minimum atomic E-state index is -0.442. The van der Waals surface area contributed by atoms with Crippen molar-refractivity contribution in [3.8, 4) is 0 Å². The van der Waals surface area contributed by atoms with Crippen LogP contribution in [-0.2, 0) is 11.2 Å². The van der Waals surface area contributed by atoms with E-state index in [2.05, 4.69) is 52.0 Å². The van der Waals surface area contributed by atoms with Crippen molar-refractivity contribution in [2.45, 2.75) is 38.3 Å². The van der Waals surface area contributed by atoms with E-state index in [9.17, 15) is 9.59 Å². The second-order valence-corrected chi connectivity index (χ2v) is 6.20. The highest BCUT2D eigenvalue weighted by Crippen LogP contribution is 2.20. The van der Waals surface area contributed by atoms with Crippen LogP contribution in [0, 0.1) is 0 Å². The lowest BCUT2D eigenvalue weighted by molar-refractivity contribution is -0.123. The summed E-state index contributed by atoms with van der Waals surface area (Å²) in [7, 11) is 0. The topological polar surface area (TPSA) is 73.5 Å². The van der Waals surface area contributed by atoms with Gasteiger partial charge in [-0.05, 0) is 37.0 Å². The Balaban J connectivity index is 1.48. The summed E-state index contributed by atoms with van der Waals surface area (Å²) in [5, 5.41) is 8.27. The molecule has 124 valence electrons. The van der Waals surface area contributed by atoms with Crippen molar-refractivity contribution in [2.75, 3.05) is 24.5 Å². The molecule has 2 aliphatic rings. The number of nitrogens with one attached hydrogen (secondary N) is 3. The Morgan fingerprint density at radius 2 is 1.96 bits per heavy atom. The van der Waals surface area contributed by atoms with Crippen molar-refractivity contribution < 1.29 is 9.59 Å². The first-order chi connectivity index (χ1) is 11.2. The second kappa shape index (κ2) is 6.89. The van der Waals surface area contributed by atoms with Crippen LogP contribution in [0.5, 0.6) is 0 Å². The van der Waals surface area contributed by atoms with E-state index in [-0.39, 0.29) is 18.0 Å². The van der Waals surface area contributed by atoms with Crippen LogP contribution in [0.2, 0.25) is 0 Å². The second-order valence-electron chi connectivity index (χ2n) is 6.20. The highest BCUT2D eigenvalue weighted by molar-refractivity contribution is 5.90. The summed E-state index contributed by atoms with van der Waals surface area (Å²) < 4.78 is 0. The Bertz CT molecular complexity index is 564. The first kappa shape index (κ1) is 15.6. The third kappa shape index (κ3) is 3.75. The summed E-state index contributed by atoms with van der Waals surface area (Å²) in [6.45, 7) is 4.40. The number of aryl methyl sites for hydroxylation is 1. The van der Waals surface area contributed by atoms with Crippen molar-refractivity contribution in [3.05, 3.63) is 29.8 Å². The molecule has 0 saturated carbocycles. The summed E-state index contributed by atoms with van der Waals surface area (Å²) in [5.41, 5.74) is 2.60. The number of hydrogen-bond acceptors (Lipinski definition) is 3. The van der Waals surface area contributed by atoms with Gasteiger partial charge in [0.1, 0.15) is 6.04 Å². The Morgan fingerprint density at radius 1 is 1.26 bits per heavy atom. The number of nitrogens with zero attached hydrogens (tertiary/aromatic N) is 1. The van der Waals surface area contributed by atoms with Crippen molar-refractivity contribution in [3.63, 3.8) is 0 Å². The Morgan fingerprint density at radius 3 is 2.52 bits per heavy atom. The predicted octanol–water partition coefficient (Wildman–Crippen LogP) is 1.02. The van der Waals surface area contributed by atoms with Gasteiger partial charge in [0.2, 0.25) is 5.91 Å². The van der Waals surface area contributed by atoms with E-state index in [1.165, 1.54) is 11.3 Å². The normalized spacial score (nSPS) is 21.7. The van der Waals surface area contributed by atoms with Gasteiger partial charge in [-0.25, -0.2) is 4.79 Å². The number of piperidine rings is 1. The standard InChI is InChI=1S/C17H24N4O2/c1-2-12-3-5-14(6-4-12)21-9-7-13(8-10-21)19-16(22)15-11-18-17(23)20-15/h3-6,13,15H,2,7-11H2,1H3,(H,19,22)(H2,18,20,23)/t15-/m0/s1. The van der Waals surface area contributed by atoms with Gasteiger partial charge >= 0.3 is 6.03 Å². The van der Waals surface area contributed by atoms with Crippen LogP contribution >= 0.6 is 0 Å². The van der Waals surface area contributed by atoms with Crippen LogP contribution in [0.25, 0.3) is 0 Å². The molecule has 6 heteroatoms. The van der Waals surface area contributed by atoms with E-state index in [1.807, 2.05) is 0 Å². The summed E-state index contributed by atoms with van der Waals surface area (Å²) in [6, 6.07) is 8.19. The molecule has 0 bridgehead atoms. The van der Waals surface area contributed by atoms with Gasteiger partial charge in [0.15, 0.2) is 0 Å². The van der Waals surface area contributed by atoms with Crippen molar-refractivity contribution >= 4 is 17.6 Å². The molecule has 0 unspecified atom stereocenters. The van der Waals surface area contributed by atoms with Crippen LogP contribution < -0.4 is 20.9 Å². The molecule has 1 aromatic carbocycles. The van der Waals surface area contributed by atoms with Gasteiger partial charge in [-0.3, -0.25) is 4.79 Å². The van der Waals surface area contributed by atoms with Crippen molar-refractivity contribution in [1.29, 1.82) is 0 Å². The van der Waals surface area contributed by atoms with E-state index >= 15 is 0 Å². The third-order valence-electron chi connectivity index (χ3n) is 4.64. The van der Waals surface area contributed by atoms with Gasteiger partial charge in [0, 0.05) is 31.4 Å². The summed E-state index contributed by atoms with van der Waals surface area (Å²) in [4.78, 5) is 25.6. The number of carbonyl (C=O) groups excluding carboxylic acids is 2. The Kier molecular flexibility index (Phi) is 4.69. The maximum Gasteiger partial charge on any atom is 0.315 e. The number of hydrogen-bond donors (Lipinski definition) is 3. The van der Waals surface area contributed by atoms with Gasteiger partial charge in [-0.2, -0.15) is 0 Å². The average molecular weight is 316 g/mol. The highest BCUT2D eigenvalue weighted by Gasteiger charge is 2.29. The number of anilines is 1. The molecule has 0 aromatic heterocycles. The monoisotopic (exact) mass is 316 g/mol. The average Bonchev–Trinajstić information content (AvgIpc) is 3.02. The van der Waals surface area contributed by atoms with Crippen LogP contribution in [0.3, 0.4) is 0 Å². The van der Waals surface area contributed by atoms with Gasteiger partial charge in [0.05, 0.1) is 0 Å². The molecule has 3 N–H and O–H groups in total. The maximum absolute atomic E-state index is 12.1. The molecule has 3 rings (SSSR count). The third-order valence-corrected chi connectivity index (χ3v) is 4.64. The first-order valence-corrected chi connectivity index (χ1v) is 8.34. The molecule has 0 aliphatic carbocycles. The summed E-state index contributed by atoms with van der Waals surface area (Å²) >= 11 is 0. The SMILES string of the molecule is CCc1ccc(N2CCC(NC(=O)[C@@H]3CNC(=O)N3)CC2)cc1. The van der Waals surface area contributed by atoms with Gasteiger partial charge in [-0.1, -0.05) is 19.1 Å². The van der Waals surface area contributed by atoms with E-state index in [0.29, 0.717) is 6.54 Å². The van der Waals surface area contributed by atoms with Crippen LogP contribution in [0.15, 0.2) is 24.3 Å². The molecule has 2 aliphatic heterocycles. The zero-order chi connectivity index (χ0) is 16.2. The number of urea groups is 1. The van der Waals surface area contributed by atoms with Gasteiger partial charge in [0.25, 0.3) is 0 Å². The first-order valence-electron chi connectivity index (χ1n) is 8.34. The summed E-state index contributed by atoms with van der Waals surface area (Å²) in [6.07, 6.45) is 2.91. The number of benzene rings is 1. The predicted molar refractivity (Wildman–Crippen MR) is 89.5 cm³/mol. The lowest BCUT2D eigenvalue weighted by Crippen LogP contribution is -2.50. The van der Waals surface area contributed by atoms with E-state index in [1.54, 1.807) is 0 Å². The molecule has 3 amide bonds. The number of rotatable bonds is 4. The molecule has 2 heterocycles. The van der Waals surface area contributed by atoms with Crippen LogP contribution in [0.4, 0.5) is 10.5 Å². The van der Waals surface area contributed by atoms with Gasteiger partial charge < -0.3 is 20.9 Å². The molecule has 1 aromatic rings. The summed E-state index contributed by atoms with van der Waals surface area (Å²) in [5.74, 6) is -0.0888. The fraction of sp³-hybridized carbons (Fsp3) is 0.529. The molecule has 0 spiro atoms. The van der Waals surface area contributed by atoms with E-state index in [0.717, 1.165) is 32.4 Å².